The maximum atomic E-state index is 11.9. The van der Waals surface area contributed by atoms with E-state index in [0.29, 0.717) is 18.8 Å². The highest BCUT2D eigenvalue weighted by Crippen LogP contribution is 2.08. The summed E-state index contributed by atoms with van der Waals surface area (Å²) < 4.78 is 0. The third-order valence-corrected chi connectivity index (χ3v) is 3.46. The van der Waals surface area contributed by atoms with Crippen molar-refractivity contribution < 1.29 is 4.79 Å². The van der Waals surface area contributed by atoms with Gasteiger partial charge in [0.05, 0.1) is 6.42 Å². The third-order valence-electron chi connectivity index (χ3n) is 3.15. The predicted octanol–water partition coefficient (Wildman–Crippen LogP) is 3.59. The van der Waals surface area contributed by atoms with Gasteiger partial charge >= 0.3 is 0 Å². The number of hydrogen-bond donors (Lipinski definition) is 1. The zero-order chi connectivity index (χ0) is 14.4. The summed E-state index contributed by atoms with van der Waals surface area (Å²) in [5.41, 5.74) is 4.40. The van der Waals surface area contributed by atoms with Crippen molar-refractivity contribution in [2.75, 3.05) is 0 Å². The molecule has 3 heteroatoms. The second-order valence-electron chi connectivity index (χ2n) is 4.89. The Morgan fingerprint density at radius 3 is 2.10 bits per heavy atom. The van der Waals surface area contributed by atoms with Gasteiger partial charge in [0.2, 0.25) is 5.91 Å². The molecule has 0 saturated carbocycles. The highest BCUT2D eigenvalue weighted by molar-refractivity contribution is 6.17. The minimum atomic E-state index is 0.0317. The Morgan fingerprint density at radius 2 is 1.50 bits per heavy atom. The number of carbonyl (C=O) groups excluding carboxylic acids is 1. The average Bonchev–Trinajstić information content (AvgIpc) is 2.47. The number of hydrogen-bond acceptors (Lipinski definition) is 1. The second kappa shape index (κ2) is 7.11. The topological polar surface area (TPSA) is 29.1 Å². The van der Waals surface area contributed by atoms with E-state index < -0.39 is 0 Å². The molecule has 1 amide bonds. The molecular weight excluding hydrogens is 270 g/mol. The van der Waals surface area contributed by atoms with Crippen LogP contribution in [0.25, 0.3) is 0 Å². The highest BCUT2D eigenvalue weighted by atomic mass is 35.5. The summed E-state index contributed by atoms with van der Waals surface area (Å²) in [5.74, 6) is 0.532. The van der Waals surface area contributed by atoms with Crippen molar-refractivity contribution in [3.8, 4) is 0 Å². The van der Waals surface area contributed by atoms with E-state index in [1.54, 1.807) is 0 Å². The Labute approximate surface area is 124 Å². The van der Waals surface area contributed by atoms with Crippen LogP contribution in [-0.2, 0) is 23.6 Å². The van der Waals surface area contributed by atoms with E-state index in [9.17, 15) is 4.79 Å². The van der Waals surface area contributed by atoms with Gasteiger partial charge in [-0.15, -0.1) is 11.6 Å². The number of alkyl halides is 1. The van der Waals surface area contributed by atoms with E-state index in [0.717, 1.165) is 16.7 Å². The van der Waals surface area contributed by atoms with Crippen LogP contribution in [0.5, 0.6) is 0 Å². The number of carbonyl (C=O) groups is 1. The van der Waals surface area contributed by atoms with Gasteiger partial charge < -0.3 is 5.32 Å². The van der Waals surface area contributed by atoms with Crippen molar-refractivity contribution in [1.82, 2.24) is 5.32 Å². The first kappa shape index (κ1) is 14.6. The van der Waals surface area contributed by atoms with Crippen LogP contribution in [0.3, 0.4) is 0 Å². The van der Waals surface area contributed by atoms with Crippen LogP contribution in [0.4, 0.5) is 0 Å². The smallest absolute Gasteiger partial charge is 0.224 e. The maximum Gasteiger partial charge on any atom is 0.224 e. The number of amides is 1. The number of benzene rings is 2. The van der Waals surface area contributed by atoms with Crippen molar-refractivity contribution in [2.45, 2.75) is 25.8 Å². The van der Waals surface area contributed by atoms with Gasteiger partial charge in [-0.3, -0.25) is 4.79 Å². The summed E-state index contributed by atoms with van der Waals surface area (Å²) >= 11 is 5.73. The first-order valence-corrected chi connectivity index (χ1v) is 7.17. The predicted molar refractivity (Wildman–Crippen MR) is 82.7 cm³/mol. The van der Waals surface area contributed by atoms with Gasteiger partial charge in [0.15, 0.2) is 0 Å². The quantitative estimate of drug-likeness (QED) is 0.837. The molecule has 0 radical (unpaired) electrons. The molecule has 20 heavy (non-hydrogen) atoms. The first-order chi connectivity index (χ1) is 9.67. The lowest BCUT2D eigenvalue weighted by Crippen LogP contribution is -2.24. The van der Waals surface area contributed by atoms with Crippen LogP contribution < -0.4 is 5.32 Å². The Bertz CT molecular complexity index is 561. The number of aryl methyl sites for hydroxylation is 1. The van der Waals surface area contributed by atoms with Crippen LogP contribution in [0.2, 0.25) is 0 Å². The Balaban J connectivity index is 1.84. The number of halogens is 1. The molecular formula is C17H18ClNO. The Kier molecular flexibility index (Phi) is 5.19. The van der Waals surface area contributed by atoms with Crippen LogP contribution in [-0.4, -0.2) is 5.91 Å². The minimum Gasteiger partial charge on any atom is -0.352 e. The monoisotopic (exact) mass is 287 g/mol. The molecule has 2 aromatic rings. The van der Waals surface area contributed by atoms with E-state index in [2.05, 4.69) is 5.32 Å². The lowest BCUT2D eigenvalue weighted by atomic mass is 10.1. The molecule has 0 aliphatic carbocycles. The van der Waals surface area contributed by atoms with Crippen molar-refractivity contribution in [3.05, 3.63) is 70.8 Å². The van der Waals surface area contributed by atoms with E-state index in [1.807, 2.05) is 55.5 Å². The van der Waals surface area contributed by atoms with Gasteiger partial charge in [-0.1, -0.05) is 54.1 Å². The molecule has 0 bridgehead atoms. The molecule has 0 unspecified atom stereocenters. The third kappa shape index (κ3) is 4.39. The fraction of sp³-hybridized carbons (Fsp3) is 0.235. The summed E-state index contributed by atoms with van der Waals surface area (Å²) in [6, 6.07) is 16.0. The molecule has 0 fully saturated rings. The Morgan fingerprint density at radius 1 is 0.950 bits per heavy atom. The molecule has 0 atom stereocenters. The van der Waals surface area contributed by atoms with Crippen LogP contribution in [0.1, 0.15) is 22.3 Å². The lowest BCUT2D eigenvalue weighted by Gasteiger charge is -2.06. The summed E-state index contributed by atoms with van der Waals surface area (Å²) in [5, 5.41) is 2.93. The van der Waals surface area contributed by atoms with Crippen molar-refractivity contribution in [2.24, 2.45) is 0 Å². The van der Waals surface area contributed by atoms with Crippen LogP contribution in [0.15, 0.2) is 48.5 Å². The highest BCUT2D eigenvalue weighted by Gasteiger charge is 2.03. The average molecular weight is 288 g/mol. The van der Waals surface area contributed by atoms with Crippen LogP contribution in [0, 0.1) is 6.92 Å². The normalized spacial score (nSPS) is 10.3. The standard InChI is InChI=1S/C17H18ClNO/c1-13-2-4-16(5-3-13)12-19-17(20)10-14-6-8-15(11-18)9-7-14/h2-9H,10-12H2,1H3,(H,19,20). The molecule has 0 heterocycles. The van der Waals surface area contributed by atoms with Gasteiger partial charge in [-0.2, -0.15) is 0 Å². The van der Waals surface area contributed by atoms with Gasteiger partial charge in [0.1, 0.15) is 0 Å². The van der Waals surface area contributed by atoms with Crippen molar-refractivity contribution >= 4 is 17.5 Å². The summed E-state index contributed by atoms with van der Waals surface area (Å²) in [6.45, 7) is 2.62. The zero-order valence-corrected chi connectivity index (χ0v) is 12.3. The van der Waals surface area contributed by atoms with E-state index >= 15 is 0 Å². The molecule has 0 aliphatic rings. The van der Waals surface area contributed by atoms with E-state index in [1.165, 1.54) is 5.56 Å². The molecule has 2 aromatic carbocycles. The molecule has 0 spiro atoms. The van der Waals surface area contributed by atoms with E-state index in [4.69, 9.17) is 11.6 Å². The molecule has 2 rings (SSSR count). The summed E-state index contributed by atoms with van der Waals surface area (Å²) in [4.78, 5) is 11.9. The zero-order valence-electron chi connectivity index (χ0n) is 11.5. The number of rotatable bonds is 5. The molecule has 2 nitrogen and oxygen atoms in total. The van der Waals surface area contributed by atoms with Crippen molar-refractivity contribution in [3.63, 3.8) is 0 Å². The van der Waals surface area contributed by atoms with Gasteiger partial charge in [-0.25, -0.2) is 0 Å². The fourth-order valence-electron chi connectivity index (χ4n) is 1.90. The van der Waals surface area contributed by atoms with E-state index in [-0.39, 0.29) is 5.91 Å². The van der Waals surface area contributed by atoms with Crippen LogP contribution >= 0.6 is 11.6 Å². The SMILES string of the molecule is Cc1ccc(CNC(=O)Cc2ccc(CCl)cc2)cc1. The fourth-order valence-corrected chi connectivity index (χ4v) is 2.08. The molecule has 0 saturated heterocycles. The second-order valence-corrected chi connectivity index (χ2v) is 5.16. The molecule has 0 aromatic heterocycles. The maximum absolute atomic E-state index is 11.9. The van der Waals surface area contributed by atoms with Gasteiger partial charge in [0.25, 0.3) is 0 Å². The molecule has 0 aliphatic heterocycles. The van der Waals surface area contributed by atoms with Gasteiger partial charge in [0, 0.05) is 12.4 Å². The Hall–Kier alpha value is -1.80. The van der Waals surface area contributed by atoms with Gasteiger partial charge in [-0.05, 0) is 23.6 Å². The summed E-state index contributed by atoms with van der Waals surface area (Å²) in [6.07, 6.45) is 0.397. The molecule has 104 valence electrons. The first-order valence-electron chi connectivity index (χ1n) is 6.63. The molecule has 1 N–H and O–H groups in total. The lowest BCUT2D eigenvalue weighted by molar-refractivity contribution is -0.120. The largest absolute Gasteiger partial charge is 0.352 e. The van der Waals surface area contributed by atoms with Crippen molar-refractivity contribution in [1.29, 1.82) is 0 Å². The summed E-state index contributed by atoms with van der Waals surface area (Å²) in [7, 11) is 0. The minimum absolute atomic E-state index is 0.0317. The number of nitrogens with one attached hydrogen (secondary N) is 1.